The van der Waals surface area contributed by atoms with Crippen LogP contribution in [0.1, 0.15) is 32.8 Å². The number of para-hydroxylation sites is 1. The fourth-order valence-corrected chi connectivity index (χ4v) is 2.59. The second-order valence-electron chi connectivity index (χ2n) is 6.98. The number of aryl methyl sites for hydroxylation is 1. The molecule has 0 aromatic heterocycles. The predicted octanol–water partition coefficient (Wildman–Crippen LogP) is 2.40. The van der Waals surface area contributed by atoms with Gasteiger partial charge < -0.3 is 19.6 Å². The van der Waals surface area contributed by atoms with Crippen LogP contribution in [0, 0.1) is 0 Å². The highest BCUT2D eigenvalue weighted by Gasteiger charge is 2.27. The molecule has 1 heterocycles. The van der Waals surface area contributed by atoms with Gasteiger partial charge in [0.15, 0.2) is 0 Å². The molecular formula is C18H26N2O4. The molecule has 1 aromatic carbocycles. The van der Waals surface area contributed by atoms with Crippen LogP contribution in [0.5, 0.6) is 5.75 Å². The molecule has 0 radical (unpaired) electrons. The maximum Gasteiger partial charge on any atom is 0.410 e. The second kappa shape index (κ2) is 7.55. The Labute approximate surface area is 143 Å². The van der Waals surface area contributed by atoms with Crippen LogP contribution in [0.25, 0.3) is 0 Å². The van der Waals surface area contributed by atoms with E-state index in [0.29, 0.717) is 39.0 Å². The Kier molecular flexibility index (Phi) is 5.70. The zero-order chi connectivity index (χ0) is 17.7. The summed E-state index contributed by atoms with van der Waals surface area (Å²) in [6, 6.07) is 7.05. The van der Waals surface area contributed by atoms with Gasteiger partial charge in [0, 0.05) is 32.6 Å². The third-order valence-electron chi connectivity index (χ3n) is 3.88. The molecule has 6 nitrogen and oxygen atoms in total. The lowest BCUT2D eigenvalue weighted by atomic mass is 10.1. The fourth-order valence-electron chi connectivity index (χ4n) is 2.59. The van der Waals surface area contributed by atoms with Crippen LogP contribution in [0.3, 0.4) is 0 Å². The van der Waals surface area contributed by atoms with Crippen LogP contribution in [-0.4, -0.2) is 58.7 Å². The molecule has 0 aliphatic carbocycles. The monoisotopic (exact) mass is 334 g/mol. The number of nitrogens with zero attached hydrogens (tertiary/aromatic N) is 2. The lowest BCUT2D eigenvalue weighted by Crippen LogP contribution is -2.51. The maximum atomic E-state index is 12.3. The van der Waals surface area contributed by atoms with E-state index < -0.39 is 5.60 Å². The number of benzene rings is 1. The number of phenols is 1. The van der Waals surface area contributed by atoms with Crippen LogP contribution in [0.2, 0.25) is 0 Å². The highest BCUT2D eigenvalue weighted by Crippen LogP contribution is 2.18. The van der Waals surface area contributed by atoms with Crippen molar-refractivity contribution in [3.05, 3.63) is 29.8 Å². The van der Waals surface area contributed by atoms with E-state index in [2.05, 4.69) is 0 Å². The Balaban J connectivity index is 1.78. The van der Waals surface area contributed by atoms with Gasteiger partial charge in [0.25, 0.3) is 0 Å². The molecule has 1 aliphatic rings. The number of carbonyl (C=O) groups excluding carboxylic acids is 2. The molecule has 1 fully saturated rings. The summed E-state index contributed by atoms with van der Waals surface area (Å²) in [6.45, 7) is 7.50. The average molecular weight is 334 g/mol. The Hall–Kier alpha value is -2.24. The molecule has 0 unspecified atom stereocenters. The van der Waals surface area contributed by atoms with Gasteiger partial charge in [-0.3, -0.25) is 4.79 Å². The number of carbonyl (C=O) groups is 2. The second-order valence-corrected chi connectivity index (χ2v) is 6.98. The summed E-state index contributed by atoms with van der Waals surface area (Å²) >= 11 is 0. The predicted molar refractivity (Wildman–Crippen MR) is 90.8 cm³/mol. The Morgan fingerprint density at radius 1 is 1.08 bits per heavy atom. The summed E-state index contributed by atoms with van der Waals surface area (Å²) in [5.74, 6) is 0.266. The van der Waals surface area contributed by atoms with Crippen molar-refractivity contribution in [3.63, 3.8) is 0 Å². The molecule has 0 atom stereocenters. The van der Waals surface area contributed by atoms with Crippen molar-refractivity contribution < 1.29 is 19.4 Å². The first-order valence-corrected chi connectivity index (χ1v) is 8.29. The summed E-state index contributed by atoms with van der Waals surface area (Å²) in [5, 5.41) is 9.74. The van der Waals surface area contributed by atoms with E-state index in [-0.39, 0.29) is 17.7 Å². The molecule has 0 saturated carbocycles. The molecule has 0 spiro atoms. The third kappa shape index (κ3) is 5.15. The molecule has 1 saturated heterocycles. The molecular weight excluding hydrogens is 308 g/mol. The van der Waals surface area contributed by atoms with Crippen molar-refractivity contribution in [1.82, 2.24) is 9.80 Å². The number of aromatic hydroxyl groups is 1. The first-order valence-electron chi connectivity index (χ1n) is 8.29. The molecule has 132 valence electrons. The lowest BCUT2D eigenvalue weighted by Gasteiger charge is -2.35. The minimum Gasteiger partial charge on any atom is -0.508 e. The van der Waals surface area contributed by atoms with Gasteiger partial charge in [-0.25, -0.2) is 4.79 Å². The summed E-state index contributed by atoms with van der Waals surface area (Å²) < 4.78 is 5.35. The highest BCUT2D eigenvalue weighted by molar-refractivity contribution is 5.77. The number of ether oxygens (including phenoxy) is 1. The van der Waals surface area contributed by atoms with Crippen molar-refractivity contribution in [2.24, 2.45) is 0 Å². The van der Waals surface area contributed by atoms with E-state index in [9.17, 15) is 14.7 Å². The van der Waals surface area contributed by atoms with Gasteiger partial charge in [0.1, 0.15) is 11.4 Å². The summed E-state index contributed by atoms with van der Waals surface area (Å²) in [6.07, 6.45) is 0.533. The summed E-state index contributed by atoms with van der Waals surface area (Å²) in [4.78, 5) is 27.7. The van der Waals surface area contributed by atoms with Gasteiger partial charge in [0.2, 0.25) is 5.91 Å². The largest absolute Gasteiger partial charge is 0.508 e. The molecule has 0 bridgehead atoms. The minimum atomic E-state index is -0.512. The normalized spacial score (nSPS) is 15.3. The van der Waals surface area contributed by atoms with E-state index >= 15 is 0 Å². The number of hydrogen-bond donors (Lipinski definition) is 1. The maximum absolute atomic E-state index is 12.3. The molecule has 2 rings (SSSR count). The lowest BCUT2D eigenvalue weighted by molar-refractivity contribution is -0.132. The van der Waals surface area contributed by atoms with Crippen LogP contribution < -0.4 is 0 Å². The van der Waals surface area contributed by atoms with Crippen molar-refractivity contribution in [2.45, 2.75) is 39.2 Å². The van der Waals surface area contributed by atoms with E-state index in [0.717, 1.165) is 5.56 Å². The SMILES string of the molecule is CC(C)(C)OC(=O)N1CCN(C(=O)CCc2ccccc2O)CC1. The van der Waals surface area contributed by atoms with Gasteiger partial charge in [-0.2, -0.15) is 0 Å². The minimum absolute atomic E-state index is 0.0436. The molecule has 24 heavy (non-hydrogen) atoms. The highest BCUT2D eigenvalue weighted by atomic mass is 16.6. The van der Waals surface area contributed by atoms with Crippen molar-refractivity contribution in [3.8, 4) is 5.75 Å². The quantitative estimate of drug-likeness (QED) is 0.921. The van der Waals surface area contributed by atoms with E-state index in [1.165, 1.54) is 0 Å². The topological polar surface area (TPSA) is 70.1 Å². The number of rotatable bonds is 3. The summed E-state index contributed by atoms with van der Waals surface area (Å²) in [7, 11) is 0. The Bertz CT molecular complexity index is 587. The number of amides is 2. The molecule has 6 heteroatoms. The number of piperazine rings is 1. The van der Waals surface area contributed by atoms with Crippen molar-refractivity contribution >= 4 is 12.0 Å². The van der Waals surface area contributed by atoms with Gasteiger partial charge in [-0.05, 0) is 38.8 Å². The molecule has 1 aliphatic heterocycles. The fraction of sp³-hybridized carbons (Fsp3) is 0.556. The van der Waals surface area contributed by atoms with E-state index in [1.54, 1.807) is 21.9 Å². The van der Waals surface area contributed by atoms with Crippen molar-refractivity contribution in [1.29, 1.82) is 0 Å². The van der Waals surface area contributed by atoms with Crippen LogP contribution in [-0.2, 0) is 16.0 Å². The first-order chi connectivity index (χ1) is 11.3. The first kappa shape index (κ1) is 18.1. The summed E-state index contributed by atoms with van der Waals surface area (Å²) in [5.41, 5.74) is 0.264. The van der Waals surface area contributed by atoms with Gasteiger partial charge in [0.05, 0.1) is 0 Å². The van der Waals surface area contributed by atoms with Crippen LogP contribution in [0.15, 0.2) is 24.3 Å². The third-order valence-corrected chi connectivity index (χ3v) is 3.88. The molecule has 1 aromatic rings. The van der Waals surface area contributed by atoms with Gasteiger partial charge in [-0.15, -0.1) is 0 Å². The van der Waals surface area contributed by atoms with Gasteiger partial charge >= 0.3 is 6.09 Å². The van der Waals surface area contributed by atoms with Crippen LogP contribution in [0.4, 0.5) is 4.79 Å². The van der Waals surface area contributed by atoms with Gasteiger partial charge in [-0.1, -0.05) is 18.2 Å². The molecule has 1 N–H and O–H groups in total. The Morgan fingerprint density at radius 2 is 1.67 bits per heavy atom. The standard InChI is InChI=1S/C18H26N2O4/c1-18(2,3)24-17(23)20-12-10-19(11-13-20)16(22)9-8-14-6-4-5-7-15(14)21/h4-7,21H,8-13H2,1-3H3. The van der Waals surface area contributed by atoms with E-state index in [1.807, 2.05) is 32.9 Å². The number of hydrogen-bond acceptors (Lipinski definition) is 4. The zero-order valence-electron chi connectivity index (χ0n) is 14.6. The number of phenolic OH excluding ortho intramolecular Hbond substituents is 1. The Morgan fingerprint density at radius 3 is 2.25 bits per heavy atom. The van der Waals surface area contributed by atoms with E-state index in [4.69, 9.17) is 4.74 Å². The van der Waals surface area contributed by atoms with Crippen LogP contribution >= 0.6 is 0 Å². The van der Waals surface area contributed by atoms with Crippen molar-refractivity contribution in [2.75, 3.05) is 26.2 Å². The molecule has 2 amide bonds. The average Bonchev–Trinajstić information content (AvgIpc) is 2.52. The zero-order valence-corrected chi connectivity index (χ0v) is 14.6. The smallest absolute Gasteiger partial charge is 0.410 e.